The maximum Gasteiger partial charge on any atom is 0.305 e. The van der Waals surface area contributed by atoms with Crippen molar-refractivity contribution in [3.8, 4) is 0 Å². The number of unbranched alkanes of at least 4 members (excludes halogenated alkanes) is 53. The summed E-state index contributed by atoms with van der Waals surface area (Å²) in [5, 5.41) is 23.2. The molecule has 0 rings (SSSR count). The third kappa shape index (κ3) is 65.4. The van der Waals surface area contributed by atoms with Crippen molar-refractivity contribution in [1.82, 2.24) is 5.32 Å². The molecule has 0 saturated carbocycles. The van der Waals surface area contributed by atoms with Gasteiger partial charge in [-0.1, -0.05) is 340 Å². The number of esters is 1. The Morgan fingerprint density at radius 3 is 0.911 bits per heavy atom. The lowest BCUT2D eigenvalue weighted by atomic mass is 10.0. The van der Waals surface area contributed by atoms with E-state index < -0.39 is 12.1 Å². The quantitative estimate of drug-likeness (QED) is 0.0320. The van der Waals surface area contributed by atoms with Gasteiger partial charge >= 0.3 is 5.97 Å². The zero-order valence-electron chi connectivity index (χ0n) is 53.6. The molecule has 0 aliphatic heterocycles. The number of amides is 1. The van der Waals surface area contributed by atoms with Gasteiger partial charge in [0.2, 0.25) is 5.91 Å². The first kappa shape index (κ1) is 77.3. The molecular weight excluding hydrogens is 971 g/mol. The van der Waals surface area contributed by atoms with Crippen LogP contribution in [-0.2, 0) is 14.3 Å². The number of carbonyl (C=O) groups is 2. The molecule has 468 valence electrons. The molecule has 79 heavy (non-hydrogen) atoms. The maximum absolute atomic E-state index is 12.4. The van der Waals surface area contributed by atoms with Crippen LogP contribution in [0.25, 0.3) is 0 Å². The Morgan fingerprint density at radius 2 is 0.595 bits per heavy atom. The van der Waals surface area contributed by atoms with E-state index in [4.69, 9.17) is 4.74 Å². The summed E-state index contributed by atoms with van der Waals surface area (Å²) in [6, 6.07) is -0.536. The number of hydrogen-bond acceptors (Lipinski definition) is 5. The number of nitrogens with one attached hydrogen (secondary N) is 1. The number of carbonyl (C=O) groups excluding carboxylic acids is 2. The topological polar surface area (TPSA) is 95.9 Å². The first-order valence-corrected chi connectivity index (χ1v) is 36.1. The van der Waals surface area contributed by atoms with Crippen LogP contribution >= 0.6 is 0 Å². The number of aliphatic hydroxyl groups is 2. The second-order valence-corrected chi connectivity index (χ2v) is 24.9. The van der Waals surface area contributed by atoms with Crippen molar-refractivity contribution in [2.75, 3.05) is 13.2 Å². The number of aliphatic hydroxyl groups excluding tert-OH is 2. The Morgan fingerprint density at radius 1 is 0.342 bits per heavy atom. The van der Waals surface area contributed by atoms with Crippen molar-refractivity contribution in [2.45, 2.75) is 418 Å². The molecule has 0 fully saturated rings. The molecule has 0 heterocycles. The van der Waals surface area contributed by atoms with E-state index in [9.17, 15) is 19.8 Å². The summed E-state index contributed by atoms with van der Waals surface area (Å²) in [5.41, 5.74) is 0. The highest BCUT2D eigenvalue weighted by atomic mass is 16.5. The molecule has 0 aromatic carbocycles. The van der Waals surface area contributed by atoms with Crippen molar-refractivity contribution in [1.29, 1.82) is 0 Å². The van der Waals surface area contributed by atoms with Gasteiger partial charge in [0.1, 0.15) is 0 Å². The first-order valence-electron chi connectivity index (χ1n) is 36.1. The van der Waals surface area contributed by atoms with Crippen LogP contribution in [0.1, 0.15) is 406 Å². The van der Waals surface area contributed by atoms with Crippen LogP contribution in [0.4, 0.5) is 0 Å². The Bertz CT molecular complexity index is 1230. The van der Waals surface area contributed by atoms with E-state index in [0.717, 1.165) is 44.9 Å². The molecule has 1 amide bonds. The summed E-state index contributed by atoms with van der Waals surface area (Å²) >= 11 is 0. The first-order chi connectivity index (χ1) is 39.0. The second-order valence-electron chi connectivity index (χ2n) is 24.9. The fourth-order valence-corrected chi connectivity index (χ4v) is 11.5. The van der Waals surface area contributed by atoms with E-state index in [1.165, 1.54) is 327 Å². The normalized spacial score (nSPS) is 12.6. The Hall–Kier alpha value is -1.66. The Labute approximate surface area is 494 Å². The van der Waals surface area contributed by atoms with E-state index in [1.54, 1.807) is 0 Å². The van der Waals surface area contributed by atoms with Gasteiger partial charge in [-0.2, -0.15) is 0 Å². The predicted octanol–water partition coefficient (Wildman–Crippen LogP) is 23.3. The summed E-state index contributed by atoms with van der Waals surface area (Å²) < 4.78 is 5.48. The largest absolute Gasteiger partial charge is 0.466 e. The molecule has 0 bridgehead atoms. The fraction of sp³-hybridized carbons (Fsp3) is 0.918. The van der Waals surface area contributed by atoms with E-state index in [2.05, 4.69) is 43.5 Å². The van der Waals surface area contributed by atoms with Gasteiger partial charge in [0.25, 0.3) is 0 Å². The van der Waals surface area contributed by atoms with E-state index >= 15 is 0 Å². The smallest absolute Gasteiger partial charge is 0.305 e. The van der Waals surface area contributed by atoms with E-state index in [1.807, 2.05) is 0 Å². The van der Waals surface area contributed by atoms with Gasteiger partial charge < -0.3 is 20.3 Å². The minimum atomic E-state index is -0.659. The molecular formula is C73H141NO5. The van der Waals surface area contributed by atoms with Gasteiger partial charge in [0, 0.05) is 12.8 Å². The lowest BCUT2D eigenvalue weighted by molar-refractivity contribution is -0.143. The zero-order chi connectivity index (χ0) is 57.1. The van der Waals surface area contributed by atoms with Crippen molar-refractivity contribution >= 4 is 11.9 Å². The third-order valence-corrected chi connectivity index (χ3v) is 17.0. The predicted molar refractivity (Wildman–Crippen MR) is 347 cm³/mol. The molecule has 0 aromatic heterocycles. The molecule has 2 atom stereocenters. The van der Waals surface area contributed by atoms with Crippen LogP contribution in [0.2, 0.25) is 0 Å². The molecule has 0 radical (unpaired) electrons. The summed E-state index contributed by atoms with van der Waals surface area (Å²) in [6.45, 7) is 4.95. The van der Waals surface area contributed by atoms with Gasteiger partial charge in [-0.25, -0.2) is 0 Å². The summed E-state index contributed by atoms with van der Waals surface area (Å²) in [7, 11) is 0. The average molecular weight is 1110 g/mol. The van der Waals surface area contributed by atoms with E-state index in [0.29, 0.717) is 25.9 Å². The van der Waals surface area contributed by atoms with Crippen LogP contribution in [-0.4, -0.2) is 47.4 Å². The molecule has 3 N–H and O–H groups in total. The standard InChI is InChI=1S/C73H141NO5/c1-3-5-7-9-11-13-15-43-47-51-55-59-63-67-73(78)79-68-64-60-56-52-48-45-42-40-38-36-34-32-30-28-26-24-22-20-18-16-17-19-21-23-25-27-29-31-33-35-37-39-41-44-46-50-54-58-62-66-72(77)74-70(69-75)71(76)65-61-57-53-49-14-12-10-8-6-4-2/h13,15-17,70-71,75-76H,3-12,14,18-69H2,1-2H3,(H,74,77)/b15-13-,17-16-. The summed E-state index contributed by atoms with van der Waals surface area (Å²) in [5.74, 6) is -0.0167. The minimum absolute atomic E-state index is 0.0136. The van der Waals surface area contributed by atoms with Crippen LogP contribution in [0.15, 0.2) is 24.3 Å². The van der Waals surface area contributed by atoms with Crippen molar-refractivity contribution in [2.24, 2.45) is 0 Å². The second kappa shape index (κ2) is 68.8. The molecule has 6 heteroatoms. The zero-order valence-corrected chi connectivity index (χ0v) is 53.6. The monoisotopic (exact) mass is 1110 g/mol. The van der Waals surface area contributed by atoms with Gasteiger partial charge in [0.15, 0.2) is 0 Å². The molecule has 6 nitrogen and oxygen atoms in total. The number of allylic oxidation sites excluding steroid dienone is 4. The molecule has 0 saturated heterocycles. The third-order valence-electron chi connectivity index (χ3n) is 17.0. The molecule has 0 aliphatic rings. The van der Waals surface area contributed by atoms with Crippen molar-refractivity contribution in [3.05, 3.63) is 24.3 Å². The lowest BCUT2D eigenvalue weighted by Crippen LogP contribution is -2.45. The van der Waals surface area contributed by atoms with Crippen LogP contribution < -0.4 is 5.32 Å². The molecule has 0 aromatic rings. The lowest BCUT2D eigenvalue weighted by Gasteiger charge is -2.22. The average Bonchev–Trinajstić information content (AvgIpc) is 3.45. The maximum atomic E-state index is 12.4. The minimum Gasteiger partial charge on any atom is -0.466 e. The molecule has 2 unspecified atom stereocenters. The summed E-state index contributed by atoms with van der Waals surface area (Å²) in [4.78, 5) is 24.5. The van der Waals surface area contributed by atoms with Gasteiger partial charge in [-0.15, -0.1) is 0 Å². The number of rotatable bonds is 68. The number of ether oxygens (including phenoxy) is 1. The number of hydrogen-bond donors (Lipinski definition) is 3. The highest BCUT2D eigenvalue weighted by molar-refractivity contribution is 5.76. The highest BCUT2D eigenvalue weighted by Gasteiger charge is 2.20. The highest BCUT2D eigenvalue weighted by Crippen LogP contribution is 2.19. The van der Waals surface area contributed by atoms with Crippen LogP contribution in [0.5, 0.6) is 0 Å². The Balaban J connectivity index is 3.29. The Kier molecular flexibility index (Phi) is 67.4. The van der Waals surface area contributed by atoms with Crippen LogP contribution in [0, 0.1) is 0 Å². The summed E-state index contributed by atoms with van der Waals surface area (Å²) in [6.07, 6.45) is 86.9. The molecule has 0 spiro atoms. The van der Waals surface area contributed by atoms with Gasteiger partial charge in [-0.3, -0.25) is 9.59 Å². The van der Waals surface area contributed by atoms with Gasteiger partial charge in [0.05, 0.1) is 25.4 Å². The van der Waals surface area contributed by atoms with Gasteiger partial charge in [-0.05, 0) is 77.0 Å². The van der Waals surface area contributed by atoms with Crippen LogP contribution in [0.3, 0.4) is 0 Å². The van der Waals surface area contributed by atoms with Crippen molar-refractivity contribution in [3.63, 3.8) is 0 Å². The fourth-order valence-electron chi connectivity index (χ4n) is 11.5. The molecule has 0 aliphatic carbocycles. The SMILES string of the molecule is CCCCCC/C=C\CCCCCCCC(=O)OCCCCCCCCCCCCCCCCCCCC/C=C\CCCCCCCCCCCCCCCCCCCC(=O)NC(CO)C(O)CCCCCCCCCCCC. The van der Waals surface area contributed by atoms with E-state index in [-0.39, 0.29) is 18.5 Å². The van der Waals surface area contributed by atoms with Crippen molar-refractivity contribution < 1.29 is 24.5 Å².